The molecule has 10 heteroatoms. The number of benzene rings is 4. The average molecular weight is 590 g/mol. The lowest BCUT2D eigenvalue weighted by molar-refractivity contribution is 0.355. The Hall–Kier alpha value is -5.77. The molecular weight excluding hydrogens is 558 g/mol. The van der Waals surface area contributed by atoms with Crippen molar-refractivity contribution in [3.8, 4) is 45.8 Å². The molecule has 0 N–H and O–H groups in total. The molecule has 0 aliphatic heterocycles. The summed E-state index contributed by atoms with van der Waals surface area (Å²) >= 11 is 0. The van der Waals surface area contributed by atoms with Gasteiger partial charge in [-0.15, -0.1) is 0 Å². The highest BCUT2D eigenvalue weighted by Gasteiger charge is 2.24. The monoisotopic (exact) mass is 589 g/mol. The van der Waals surface area contributed by atoms with Gasteiger partial charge in [-0.25, -0.2) is 15.0 Å². The second kappa shape index (κ2) is 12.2. The summed E-state index contributed by atoms with van der Waals surface area (Å²) in [7, 11) is 8.15. The van der Waals surface area contributed by atoms with Crippen LogP contribution in [0, 0.1) is 0 Å². The van der Waals surface area contributed by atoms with E-state index < -0.39 is 0 Å². The van der Waals surface area contributed by atoms with Crippen molar-refractivity contribution in [3.05, 3.63) is 97.3 Å². The Balaban J connectivity index is 1.63. The van der Waals surface area contributed by atoms with E-state index in [4.69, 9.17) is 38.6 Å². The maximum atomic E-state index is 5.64. The third-order valence-corrected chi connectivity index (χ3v) is 7.27. The molecule has 0 saturated carbocycles. The van der Waals surface area contributed by atoms with Crippen LogP contribution in [0.5, 0.6) is 28.7 Å². The molecule has 0 radical (unpaired) electrons. The molecule has 10 nitrogen and oxygen atoms in total. The molecule has 2 aromatic heterocycles. The van der Waals surface area contributed by atoms with Crippen LogP contribution < -0.4 is 28.6 Å². The van der Waals surface area contributed by atoms with Crippen molar-refractivity contribution in [3.63, 3.8) is 0 Å². The Morgan fingerprint density at radius 2 is 1.11 bits per heavy atom. The summed E-state index contributed by atoms with van der Waals surface area (Å²) in [6, 6.07) is 29.0. The summed E-state index contributed by atoms with van der Waals surface area (Å²) in [6.45, 7) is 0. The summed E-state index contributed by atoms with van der Waals surface area (Å²) in [5.74, 6) is 4.70. The number of fused-ring (bicyclic) bond motifs is 1. The molecule has 0 spiro atoms. The minimum absolute atomic E-state index is 0.583. The highest BCUT2D eigenvalue weighted by Crippen LogP contribution is 2.40. The fourth-order valence-electron chi connectivity index (χ4n) is 5.04. The maximum Gasteiger partial charge on any atom is 0.170 e. The van der Waals surface area contributed by atoms with Gasteiger partial charge in [0, 0.05) is 23.0 Å². The van der Waals surface area contributed by atoms with Gasteiger partial charge in [0.05, 0.1) is 41.2 Å². The highest BCUT2D eigenvalue weighted by atomic mass is 16.5. The molecule has 6 rings (SSSR count). The number of rotatable bonds is 10. The summed E-state index contributed by atoms with van der Waals surface area (Å²) < 4.78 is 29.4. The first-order chi connectivity index (χ1) is 21.6. The largest absolute Gasteiger partial charge is 0.497 e. The third kappa shape index (κ3) is 5.17. The van der Waals surface area contributed by atoms with Gasteiger partial charge < -0.3 is 23.7 Å². The predicted molar refractivity (Wildman–Crippen MR) is 170 cm³/mol. The van der Waals surface area contributed by atoms with Crippen molar-refractivity contribution >= 4 is 28.4 Å². The second-order valence-corrected chi connectivity index (χ2v) is 9.64. The highest BCUT2D eigenvalue weighted by molar-refractivity contribution is 5.93. The summed E-state index contributed by atoms with van der Waals surface area (Å²) in [6.07, 6.45) is 1.55. The molecule has 0 bridgehead atoms. The fourth-order valence-corrected chi connectivity index (χ4v) is 5.04. The van der Waals surface area contributed by atoms with Crippen molar-refractivity contribution in [1.29, 1.82) is 0 Å². The van der Waals surface area contributed by atoms with Crippen LogP contribution in [-0.4, -0.2) is 55.1 Å². The molecule has 2 heterocycles. The number of hydrogen-bond donors (Lipinski definition) is 0. The van der Waals surface area contributed by atoms with E-state index in [-0.39, 0.29) is 0 Å². The Kier molecular flexibility index (Phi) is 7.88. The van der Waals surface area contributed by atoms with Gasteiger partial charge in [0.25, 0.3) is 0 Å². The van der Waals surface area contributed by atoms with E-state index >= 15 is 0 Å². The Morgan fingerprint density at radius 1 is 0.568 bits per heavy atom. The molecule has 222 valence electrons. The molecule has 44 heavy (non-hydrogen) atoms. The van der Waals surface area contributed by atoms with Crippen LogP contribution in [0.2, 0.25) is 0 Å². The lowest BCUT2D eigenvalue weighted by Gasteiger charge is -2.24. The molecule has 4 aromatic carbocycles. The van der Waals surface area contributed by atoms with E-state index in [1.807, 2.05) is 100 Å². The molecule has 0 unspecified atom stereocenters. The Labute approximate surface area is 255 Å². The summed E-state index contributed by atoms with van der Waals surface area (Å²) in [4.78, 5) is 16.8. The van der Waals surface area contributed by atoms with Gasteiger partial charge in [-0.2, -0.15) is 0 Å². The van der Waals surface area contributed by atoms with Gasteiger partial charge in [-0.3, -0.25) is 9.47 Å². The predicted octanol–water partition coefficient (Wildman–Crippen LogP) is 7.00. The summed E-state index contributed by atoms with van der Waals surface area (Å²) in [5.41, 5.74) is 4.59. The zero-order chi connectivity index (χ0) is 30.6. The van der Waals surface area contributed by atoms with Gasteiger partial charge in [0.2, 0.25) is 0 Å². The summed E-state index contributed by atoms with van der Waals surface area (Å²) in [5, 5.41) is 0. The Bertz CT molecular complexity index is 1840. The van der Waals surface area contributed by atoms with E-state index in [9.17, 15) is 0 Å². The first kappa shape index (κ1) is 28.4. The second-order valence-electron chi connectivity index (χ2n) is 9.64. The molecule has 0 saturated heterocycles. The third-order valence-electron chi connectivity index (χ3n) is 7.27. The number of methoxy groups -OCH3 is 5. The topological polar surface area (TPSA) is 93.0 Å². The zero-order valence-corrected chi connectivity index (χ0v) is 25.0. The zero-order valence-electron chi connectivity index (χ0n) is 25.0. The average Bonchev–Trinajstić information content (AvgIpc) is 3.49. The Morgan fingerprint density at radius 3 is 1.64 bits per heavy atom. The van der Waals surface area contributed by atoms with Gasteiger partial charge >= 0.3 is 0 Å². The van der Waals surface area contributed by atoms with Crippen LogP contribution in [0.15, 0.2) is 97.3 Å². The van der Waals surface area contributed by atoms with Crippen LogP contribution in [0.4, 0.5) is 17.2 Å². The van der Waals surface area contributed by atoms with Crippen molar-refractivity contribution in [2.45, 2.75) is 0 Å². The van der Waals surface area contributed by atoms with E-state index in [0.29, 0.717) is 34.3 Å². The van der Waals surface area contributed by atoms with Crippen LogP contribution in [0.25, 0.3) is 28.2 Å². The van der Waals surface area contributed by atoms with Crippen molar-refractivity contribution in [2.24, 2.45) is 0 Å². The molecule has 0 atom stereocenters. The molecule has 0 aliphatic carbocycles. The lowest BCUT2D eigenvalue weighted by Crippen LogP contribution is -2.12. The van der Waals surface area contributed by atoms with E-state index in [1.54, 1.807) is 41.9 Å². The molecule has 0 fully saturated rings. The number of anilines is 3. The van der Waals surface area contributed by atoms with Crippen molar-refractivity contribution < 1.29 is 23.7 Å². The van der Waals surface area contributed by atoms with Gasteiger partial charge in [0.15, 0.2) is 28.5 Å². The number of aromatic nitrogens is 4. The van der Waals surface area contributed by atoms with Crippen LogP contribution in [0.3, 0.4) is 0 Å². The normalized spacial score (nSPS) is 10.8. The molecular formula is C34H31N5O5. The van der Waals surface area contributed by atoms with E-state index in [1.165, 1.54) is 0 Å². The van der Waals surface area contributed by atoms with Crippen LogP contribution in [0.1, 0.15) is 0 Å². The van der Waals surface area contributed by atoms with Crippen LogP contribution >= 0.6 is 0 Å². The number of imidazole rings is 1. The van der Waals surface area contributed by atoms with Gasteiger partial charge in [0.1, 0.15) is 29.4 Å². The number of ether oxygens (including phenoxy) is 5. The van der Waals surface area contributed by atoms with Gasteiger partial charge in [-0.1, -0.05) is 0 Å². The van der Waals surface area contributed by atoms with Crippen molar-refractivity contribution in [2.75, 3.05) is 40.4 Å². The van der Waals surface area contributed by atoms with Crippen molar-refractivity contribution in [1.82, 2.24) is 19.5 Å². The minimum atomic E-state index is 0.583. The van der Waals surface area contributed by atoms with Gasteiger partial charge in [-0.05, 0) is 84.9 Å². The molecule has 6 aromatic rings. The fraction of sp³-hybridized carbons (Fsp3) is 0.147. The molecule has 0 amide bonds. The molecule has 0 aliphatic rings. The smallest absolute Gasteiger partial charge is 0.170 e. The first-order valence-corrected chi connectivity index (χ1v) is 13.8. The quantitative estimate of drug-likeness (QED) is 0.167. The standard InChI is InChI=1S/C34H31N5O5/c1-40-26-13-6-22(7-14-26)32-37-31-33(35-21-36-34(31)39(32)25-12-19-29(43-4)30(20-25)44-5)38(23-8-15-27(41-2)16-9-23)24-10-17-28(42-3)18-11-24/h6-21H,1-5H3. The maximum absolute atomic E-state index is 5.64. The minimum Gasteiger partial charge on any atom is -0.497 e. The number of hydrogen-bond acceptors (Lipinski definition) is 9. The van der Waals surface area contributed by atoms with E-state index in [2.05, 4.69) is 0 Å². The lowest BCUT2D eigenvalue weighted by atomic mass is 10.2. The van der Waals surface area contributed by atoms with E-state index in [0.717, 1.165) is 39.9 Å². The first-order valence-electron chi connectivity index (χ1n) is 13.8. The number of nitrogens with zero attached hydrogens (tertiary/aromatic N) is 5. The van der Waals surface area contributed by atoms with Crippen LogP contribution in [-0.2, 0) is 0 Å². The SMILES string of the molecule is COc1ccc(-c2nc3c(N(c4ccc(OC)cc4)c4ccc(OC)cc4)ncnc3n2-c2ccc(OC)c(OC)c2)cc1.